The number of nitrogens with zero attached hydrogens (tertiary/aromatic N) is 2. The first kappa shape index (κ1) is 18.9. The monoisotopic (exact) mass is 361 g/mol. The second kappa shape index (κ2) is 8.21. The van der Waals surface area contributed by atoms with Crippen LogP contribution in [0.2, 0.25) is 0 Å². The maximum atomic E-state index is 12.3. The maximum absolute atomic E-state index is 12.3. The predicted molar refractivity (Wildman–Crippen MR) is 109 cm³/mol. The molecule has 1 heterocycles. The fraction of sp³-hybridized carbons (Fsp3) is 0.304. The van der Waals surface area contributed by atoms with Crippen molar-refractivity contribution in [3.8, 4) is 5.69 Å². The molecule has 140 valence electrons. The molecule has 0 bridgehead atoms. The highest BCUT2D eigenvalue weighted by molar-refractivity contribution is 5.76. The summed E-state index contributed by atoms with van der Waals surface area (Å²) in [7, 11) is 0. The molecule has 0 aliphatic heterocycles. The number of benzene rings is 2. The quantitative estimate of drug-likeness (QED) is 0.709. The molecule has 27 heavy (non-hydrogen) atoms. The van der Waals surface area contributed by atoms with Gasteiger partial charge in [-0.3, -0.25) is 4.79 Å². The van der Waals surface area contributed by atoms with Crippen molar-refractivity contribution in [2.24, 2.45) is 0 Å². The Morgan fingerprint density at radius 2 is 1.78 bits per heavy atom. The van der Waals surface area contributed by atoms with Gasteiger partial charge in [-0.15, -0.1) is 0 Å². The van der Waals surface area contributed by atoms with Gasteiger partial charge in [-0.2, -0.15) is 5.10 Å². The molecular weight excluding hydrogens is 334 g/mol. The van der Waals surface area contributed by atoms with E-state index in [1.807, 2.05) is 48.9 Å². The number of para-hydroxylation sites is 1. The average molecular weight is 361 g/mol. The highest BCUT2D eigenvalue weighted by Gasteiger charge is 2.13. The van der Waals surface area contributed by atoms with Gasteiger partial charge in [0.2, 0.25) is 5.91 Å². The van der Waals surface area contributed by atoms with Crippen molar-refractivity contribution in [3.63, 3.8) is 0 Å². The Labute approximate surface area is 161 Å². The first-order valence-corrected chi connectivity index (χ1v) is 9.39. The lowest BCUT2D eigenvalue weighted by atomic mass is 10.0. The molecule has 1 amide bonds. The molecular formula is C23H27N3O. The summed E-state index contributed by atoms with van der Waals surface area (Å²) in [5.41, 5.74) is 7.87. The van der Waals surface area contributed by atoms with E-state index in [1.54, 1.807) is 0 Å². The standard InChI is InChI=1S/C23H27N3O/c1-16-10-11-20(17(2)14-16)12-13-23(27)24-15-22-18(3)25-26(19(22)4)21-8-6-5-7-9-21/h5-11,14H,12-13,15H2,1-4H3,(H,24,27). The number of carbonyl (C=O) groups excluding carboxylic acids is 1. The van der Waals surface area contributed by atoms with Crippen LogP contribution in [0, 0.1) is 27.7 Å². The van der Waals surface area contributed by atoms with Crippen molar-refractivity contribution in [3.05, 3.63) is 82.2 Å². The van der Waals surface area contributed by atoms with E-state index in [9.17, 15) is 4.79 Å². The molecule has 1 N–H and O–H groups in total. The Morgan fingerprint density at radius 3 is 2.48 bits per heavy atom. The van der Waals surface area contributed by atoms with Crippen LogP contribution < -0.4 is 5.32 Å². The van der Waals surface area contributed by atoms with Crippen molar-refractivity contribution in [2.75, 3.05) is 0 Å². The Bertz CT molecular complexity index is 942. The number of hydrogen-bond donors (Lipinski definition) is 1. The second-order valence-corrected chi connectivity index (χ2v) is 7.10. The minimum atomic E-state index is 0.0706. The molecule has 0 fully saturated rings. The zero-order chi connectivity index (χ0) is 19.4. The Kier molecular flexibility index (Phi) is 5.75. The van der Waals surface area contributed by atoms with Gasteiger partial charge in [0.1, 0.15) is 0 Å². The van der Waals surface area contributed by atoms with Crippen LogP contribution in [0.1, 0.15) is 40.1 Å². The molecule has 0 spiro atoms. The molecule has 4 nitrogen and oxygen atoms in total. The summed E-state index contributed by atoms with van der Waals surface area (Å²) in [5, 5.41) is 7.69. The van der Waals surface area contributed by atoms with E-state index in [2.05, 4.69) is 42.5 Å². The number of nitrogens with one attached hydrogen (secondary N) is 1. The third-order valence-electron chi connectivity index (χ3n) is 5.02. The van der Waals surface area contributed by atoms with Gasteiger partial charge in [-0.05, 0) is 57.4 Å². The summed E-state index contributed by atoms with van der Waals surface area (Å²) in [6.45, 7) is 8.73. The van der Waals surface area contributed by atoms with Gasteiger partial charge in [-0.25, -0.2) is 4.68 Å². The first-order valence-electron chi connectivity index (χ1n) is 9.39. The minimum absolute atomic E-state index is 0.0706. The number of rotatable bonds is 6. The molecule has 4 heteroatoms. The fourth-order valence-electron chi connectivity index (χ4n) is 3.40. The lowest BCUT2D eigenvalue weighted by Crippen LogP contribution is -2.23. The lowest BCUT2D eigenvalue weighted by Gasteiger charge is -2.09. The van der Waals surface area contributed by atoms with Crippen LogP contribution in [0.5, 0.6) is 0 Å². The van der Waals surface area contributed by atoms with Crippen LogP contribution in [-0.4, -0.2) is 15.7 Å². The Hall–Kier alpha value is -2.88. The van der Waals surface area contributed by atoms with Crippen molar-refractivity contribution in [1.82, 2.24) is 15.1 Å². The number of aryl methyl sites for hydroxylation is 4. The van der Waals surface area contributed by atoms with Crippen LogP contribution in [0.15, 0.2) is 48.5 Å². The summed E-state index contributed by atoms with van der Waals surface area (Å²) in [6, 6.07) is 16.4. The molecule has 1 aromatic heterocycles. The molecule has 2 aromatic carbocycles. The summed E-state index contributed by atoms with van der Waals surface area (Å²) in [6.07, 6.45) is 1.26. The van der Waals surface area contributed by atoms with Crippen molar-refractivity contribution >= 4 is 5.91 Å². The highest BCUT2D eigenvalue weighted by Crippen LogP contribution is 2.18. The van der Waals surface area contributed by atoms with E-state index in [1.165, 1.54) is 16.7 Å². The molecule has 0 atom stereocenters. The Balaban J connectivity index is 1.61. The third-order valence-corrected chi connectivity index (χ3v) is 5.02. The predicted octanol–water partition coefficient (Wildman–Crippen LogP) is 4.35. The summed E-state index contributed by atoms with van der Waals surface area (Å²) in [5.74, 6) is 0.0706. The van der Waals surface area contributed by atoms with Crippen molar-refractivity contribution in [2.45, 2.75) is 47.1 Å². The van der Waals surface area contributed by atoms with Crippen molar-refractivity contribution < 1.29 is 4.79 Å². The summed E-state index contributed by atoms with van der Waals surface area (Å²) in [4.78, 5) is 12.3. The van der Waals surface area contributed by atoms with E-state index >= 15 is 0 Å². The molecule has 0 unspecified atom stereocenters. The van der Waals surface area contributed by atoms with Crippen LogP contribution in [0.3, 0.4) is 0 Å². The molecule has 0 aliphatic rings. The third kappa shape index (κ3) is 4.45. The van der Waals surface area contributed by atoms with Gasteiger partial charge in [0, 0.05) is 24.2 Å². The molecule has 0 saturated carbocycles. The molecule has 0 radical (unpaired) electrons. The van der Waals surface area contributed by atoms with Gasteiger partial charge < -0.3 is 5.32 Å². The second-order valence-electron chi connectivity index (χ2n) is 7.10. The van der Waals surface area contributed by atoms with E-state index in [-0.39, 0.29) is 5.91 Å². The zero-order valence-electron chi connectivity index (χ0n) is 16.5. The largest absolute Gasteiger partial charge is 0.352 e. The topological polar surface area (TPSA) is 46.9 Å². The normalized spacial score (nSPS) is 10.8. The SMILES string of the molecule is Cc1ccc(CCC(=O)NCc2c(C)nn(-c3ccccc3)c2C)c(C)c1. The van der Waals surface area contributed by atoms with Gasteiger partial charge in [0.15, 0.2) is 0 Å². The van der Waals surface area contributed by atoms with E-state index in [0.717, 1.165) is 29.1 Å². The van der Waals surface area contributed by atoms with Gasteiger partial charge in [0.05, 0.1) is 11.4 Å². The first-order chi connectivity index (χ1) is 13.0. The number of aromatic nitrogens is 2. The van der Waals surface area contributed by atoms with Gasteiger partial charge >= 0.3 is 0 Å². The van der Waals surface area contributed by atoms with Crippen molar-refractivity contribution in [1.29, 1.82) is 0 Å². The van der Waals surface area contributed by atoms with Crippen LogP contribution >= 0.6 is 0 Å². The van der Waals surface area contributed by atoms with E-state index in [4.69, 9.17) is 0 Å². The maximum Gasteiger partial charge on any atom is 0.220 e. The minimum Gasteiger partial charge on any atom is -0.352 e. The van der Waals surface area contributed by atoms with Gasteiger partial charge in [0.25, 0.3) is 0 Å². The Morgan fingerprint density at radius 1 is 1.04 bits per heavy atom. The van der Waals surface area contributed by atoms with E-state index in [0.29, 0.717) is 13.0 Å². The number of amides is 1. The number of carbonyl (C=O) groups is 1. The molecule has 3 rings (SSSR count). The van der Waals surface area contributed by atoms with Crippen LogP contribution in [0.4, 0.5) is 0 Å². The molecule has 3 aromatic rings. The van der Waals surface area contributed by atoms with Gasteiger partial charge in [-0.1, -0.05) is 42.0 Å². The molecule has 0 saturated heterocycles. The van der Waals surface area contributed by atoms with E-state index < -0.39 is 0 Å². The van der Waals surface area contributed by atoms with Crippen LogP contribution in [-0.2, 0) is 17.8 Å². The fourth-order valence-corrected chi connectivity index (χ4v) is 3.40. The average Bonchev–Trinajstić information content (AvgIpc) is 2.94. The molecule has 0 aliphatic carbocycles. The van der Waals surface area contributed by atoms with Crippen LogP contribution in [0.25, 0.3) is 5.69 Å². The zero-order valence-corrected chi connectivity index (χ0v) is 16.5. The summed E-state index contributed by atoms with van der Waals surface area (Å²) < 4.78 is 1.94. The smallest absolute Gasteiger partial charge is 0.220 e. The summed E-state index contributed by atoms with van der Waals surface area (Å²) >= 11 is 0. The number of hydrogen-bond acceptors (Lipinski definition) is 2. The lowest BCUT2D eigenvalue weighted by molar-refractivity contribution is -0.121. The highest BCUT2D eigenvalue weighted by atomic mass is 16.1.